The van der Waals surface area contributed by atoms with Gasteiger partial charge in [0.1, 0.15) is 0 Å². The fourth-order valence-corrected chi connectivity index (χ4v) is 2.21. The van der Waals surface area contributed by atoms with Gasteiger partial charge in [-0.2, -0.15) is 0 Å². The summed E-state index contributed by atoms with van der Waals surface area (Å²) in [5.41, 5.74) is 0. The normalized spacial score (nSPS) is 30.5. The molecule has 1 nitrogen and oxygen atoms in total. The highest BCUT2D eigenvalue weighted by Crippen LogP contribution is 2.25. The highest BCUT2D eigenvalue weighted by molar-refractivity contribution is 4.82. The average molecular weight is 155 g/mol. The summed E-state index contributed by atoms with van der Waals surface area (Å²) < 4.78 is 0. The number of piperidine rings is 1. The number of nitrogens with zero attached hydrogens (tertiary/aromatic N) is 1. The van der Waals surface area contributed by atoms with E-state index in [0.29, 0.717) is 0 Å². The Morgan fingerprint density at radius 1 is 0.909 bits per heavy atom. The predicted molar refractivity (Wildman–Crippen MR) is 49.8 cm³/mol. The molecule has 0 N–H and O–H groups in total. The van der Waals surface area contributed by atoms with Gasteiger partial charge in [0, 0.05) is 6.04 Å². The van der Waals surface area contributed by atoms with Crippen LogP contribution in [0.5, 0.6) is 0 Å². The van der Waals surface area contributed by atoms with E-state index in [4.69, 9.17) is 0 Å². The van der Waals surface area contributed by atoms with Crippen LogP contribution < -0.4 is 0 Å². The predicted octanol–water partition coefficient (Wildman–Crippen LogP) is 2.66. The molecule has 0 aromatic rings. The van der Waals surface area contributed by atoms with E-state index in [1.807, 2.05) is 13.8 Å². The molecule has 11 heavy (non-hydrogen) atoms. The fourth-order valence-electron chi connectivity index (χ4n) is 2.21. The molecule has 0 bridgehead atoms. The lowest BCUT2D eigenvalue weighted by molar-refractivity contribution is 0.198. The standard InChI is InChI=1S/C8H15N.C2H6/c1-2-6-9-7-3-5-8(9)4-1;1-2/h8H,1-7H2;1-2H3/t8-;/m0./s1. The lowest BCUT2D eigenvalue weighted by atomic mass is 10.0. The van der Waals surface area contributed by atoms with Gasteiger partial charge < -0.3 is 4.90 Å². The van der Waals surface area contributed by atoms with E-state index in [1.165, 1.54) is 45.2 Å². The number of fused-ring (bicyclic) bond motifs is 1. The van der Waals surface area contributed by atoms with Gasteiger partial charge in [0.15, 0.2) is 0 Å². The Hall–Kier alpha value is -0.0400. The summed E-state index contributed by atoms with van der Waals surface area (Å²) in [7, 11) is 0. The molecule has 2 heterocycles. The molecule has 1 heteroatoms. The first kappa shape index (κ1) is 9.05. The second-order valence-corrected chi connectivity index (χ2v) is 3.33. The van der Waals surface area contributed by atoms with Gasteiger partial charge in [-0.25, -0.2) is 0 Å². The Balaban J connectivity index is 0.000000281. The minimum atomic E-state index is 0.999. The Bertz CT molecular complexity index is 89.0. The first-order chi connectivity index (χ1) is 5.47. The first-order valence-corrected chi connectivity index (χ1v) is 5.21. The van der Waals surface area contributed by atoms with Crippen LogP contribution in [-0.2, 0) is 0 Å². The summed E-state index contributed by atoms with van der Waals surface area (Å²) in [4.78, 5) is 2.67. The number of hydrogen-bond acceptors (Lipinski definition) is 1. The van der Waals surface area contributed by atoms with E-state index in [2.05, 4.69) is 4.90 Å². The van der Waals surface area contributed by atoms with Crippen LogP contribution in [0.2, 0.25) is 0 Å². The summed E-state index contributed by atoms with van der Waals surface area (Å²) in [5, 5.41) is 0. The van der Waals surface area contributed by atoms with Gasteiger partial charge in [-0.1, -0.05) is 20.3 Å². The molecular formula is C10H21N. The molecule has 2 aliphatic heterocycles. The molecule has 66 valence electrons. The molecule has 0 aromatic carbocycles. The summed E-state index contributed by atoms with van der Waals surface area (Å²) in [5.74, 6) is 0. The third kappa shape index (κ3) is 2.19. The fraction of sp³-hybridized carbons (Fsp3) is 1.00. The van der Waals surface area contributed by atoms with Crippen LogP contribution in [0.25, 0.3) is 0 Å². The smallest absolute Gasteiger partial charge is 0.00957 e. The summed E-state index contributed by atoms with van der Waals surface area (Å²) in [6, 6.07) is 0.999. The van der Waals surface area contributed by atoms with Gasteiger partial charge in [-0.05, 0) is 38.8 Å². The van der Waals surface area contributed by atoms with Crippen molar-refractivity contribution in [3.8, 4) is 0 Å². The molecular weight excluding hydrogens is 134 g/mol. The molecule has 2 saturated heterocycles. The number of hydrogen-bond donors (Lipinski definition) is 0. The highest BCUT2D eigenvalue weighted by Gasteiger charge is 2.25. The molecule has 0 amide bonds. The Morgan fingerprint density at radius 2 is 1.55 bits per heavy atom. The van der Waals surface area contributed by atoms with E-state index in [-0.39, 0.29) is 0 Å². The molecule has 0 aliphatic carbocycles. The monoisotopic (exact) mass is 155 g/mol. The molecule has 0 unspecified atom stereocenters. The maximum atomic E-state index is 2.67. The molecule has 2 aliphatic rings. The van der Waals surface area contributed by atoms with Crippen molar-refractivity contribution in [2.45, 2.75) is 52.0 Å². The minimum absolute atomic E-state index is 0.999. The summed E-state index contributed by atoms with van der Waals surface area (Å²) in [6.07, 6.45) is 7.38. The van der Waals surface area contributed by atoms with Gasteiger partial charge in [0.05, 0.1) is 0 Å². The van der Waals surface area contributed by atoms with E-state index in [9.17, 15) is 0 Å². The highest BCUT2D eigenvalue weighted by atomic mass is 15.2. The SMILES string of the molecule is C1CCN2CCC[C@@H]2C1.CC. The Labute approximate surface area is 70.8 Å². The first-order valence-electron chi connectivity index (χ1n) is 5.21. The van der Waals surface area contributed by atoms with Crippen molar-refractivity contribution in [2.75, 3.05) is 13.1 Å². The number of rotatable bonds is 0. The van der Waals surface area contributed by atoms with Crippen LogP contribution in [0, 0.1) is 0 Å². The lowest BCUT2D eigenvalue weighted by Crippen LogP contribution is -2.33. The zero-order valence-corrected chi connectivity index (χ0v) is 7.97. The van der Waals surface area contributed by atoms with Gasteiger partial charge in [-0.15, -0.1) is 0 Å². The van der Waals surface area contributed by atoms with E-state index >= 15 is 0 Å². The maximum Gasteiger partial charge on any atom is 0.00957 e. The molecule has 0 saturated carbocycles. The Morgan fingerprint density at radius 3 is 2.27 bits per heavy atom. The van der Waals surface area contributed by atoms with E-state index < -0.39 is 0 Å². The largest absolute Gasteiger partial charge is 0.300 e. The molecule has 0 radical (unpaired) electrons. The van der Waals surface area contributed by atoms with Crippen molar-refractivity contribution in [1.82, 2.24) is 4.90 Å². The van der Waals surface area contributed by atoms with Crippen LogP contribution in [0.15, 0.2) is 0 Å². The second kappa shape index (κ2) is 4.76. The van der Waals surface area contributed by atoms with Crippen LogP contribution in [0.3, 0.4) is 0 Å². The van der Waals surface area contributed by atoms with Gasteiger partial charge in [-0.3, -0.25) is 0 Å². The maximum absolute atomic E-state index is 2.67. The topological polar surface area (TPSA) is 3.24 Å². The molecule has 2 fully saturated rings. The van der Waals surface area contributed by atoms with Crippen LogP contribution in [0.4, 0.5) is 0 Å². The van der Waals surface area contributed by atoms with Crippen molar-refractivity contribution < 1.29 is 0 Å². The third-order valence-electron chi connectivity index (χ3n) is 2.73. The van der Waals surface area contributed by atoms with E-state index in [1.54, 1.807) is 0 Å². The van der Waals surface area contributed by atoms with Crippen molar-refractivity contribution in [3.05, 3.63) is 0 Å². The van der Waals surface area contributed by atoms with Gasteiger partial charge >= 0.3 is 0 Å². The lowest BCUT2D eigenvalue weighted by Gasteiger charge is -2.28. The molecule has 0 spiro atoms. The molecule has 0 aromatic heterocycles. The third-order valence-corrected chi connectivity index (χ3v) is 2.73. The van der Waals surface area contributed by atoms with Crippen LogP contribution in [-0.4, -0.2) is 24.0 Å². The van der Waals surface area contributed by atoms with Crippen molar-refractivity contribution in [1.29, 1.82) is 0 Å². The van der Waals surface area contributed by atoms with Gasteiger partial charge in [0.2, 0.25) is 0 Å². The van der Waals surface area contributed by atoms with Crippen molar-refractivity contribution in [3.63, 3.8) is 0 Å². The zero-order chi connectivity index (χ0) is 8.10. The van der Waals surface area contributed by atoms with Gasteiger partial charge in [0.25, 0.3) is 0 Å². The van der Waals surface area contributed by atoms with E-state index in [0.717, 1.165) is 6.04 Å². The molecule has 1 atom stereocenters. The summed E-state index contributed by atoms with van der Waals surface area (Å²) >= 11 is 0. The van der Waals surface area contributed by atoms with Crippen LogP contribution >= 0.6 is 0 Å². The van der Waals surface area contributed by atoms with Crippen molar-refractivity contribution >= 4 is 0 Å². The van der Waals surface area contributed by atoms with Crippen molar-refractivity contribution in [2.24, 2.45) is 0 Å². The average Bonchev–Trinajstić information content (AvgIpc) is 2.55. The Kier molecular flexibility index (Phi) is 3.92. The molecule has 2 rings (SSSR count). The zero-order valence-electron chi connectivity index (χ0n) is 7.97. The van der Waals surface area contributed by atoms with Crippen LogP contribution in [0.1, 0.15) is 46.0 Å². The second-order valence-electron chi connectivity index (χ2n) is 3.33. The summed E-state index contributed by atoms with van der Waals surface area (Å²) in [6.45, 7) is 6.79. The quantitative estimate of drug-likeness (QED) is 0.520. The minimum Gasteiger partial charge on any atom is -0.300 e.